The lowest BCUT2D eigenvalue weighted by Crippen LogP contribution is -2.43. The van der Waals surface area contributed by atoms with Crippen molar-refractivity contribution >= 4 is 21.7 Å². The molecule has 1 aliphatic heterocycles. The van der Waals surface area contributed by atoms with E-state index in [1.165, 1.54) is 11.9 Å². The quantitative estimate of drug-likeness (QED) is 0.850. The number of carbonyl (C=O) groups is 2. The van der Waals surface area contributed by atoms with Gasteiger partial charge in [0, 0.05) is 18.7 Å². The third kappa shape index (κ3) is 4.94. The molecule has 1 aromatic rings. The van der Waals surface area contributed by atoms with Crippen LogP contribution >= 0.6 is 0 Å². The van der Waals surface area contributed by atoms with Crippen LogP contribution in [0.1, 0.15) is 22.3 Å². The highest BCUT2D eigenvalue weighted by atomic mass is 32.2. The summed E-state index contributed by atoms with van der Waals surface area (Å²) in [7, 11) is -1.68. The maximum atomic E-state index is 12.5. The number of rotatable bonds is 4. The van der Waals surface area contributed by atoms with Crippen molar-refractivity contribution in [2.24, 2.45) is 0 Å². The number of hydrogen-bond donors (Lipinski definition) is 1. The molecule has 25 heavy (non-hydrogen) atoms. The van der Waals surface area contributed by atoms with Gasteiger partial charge in [0.2, 0.25) is 5.91 Å². The third-order valence-electron chi connectivity index (χ3n) is 4.02. The molecule has 0 saturated carbocycles. The Bertz CT molecular complexity index is 760. The van der Waals surface area contributed by atoms with Gasteiger partial charge in [-0.25, -0.2) is 8.42 Å². The highest BCUT2D eigenvalue weighted by molar-refractivity contribution is 7.91. The topological polar surface area (TPSA) is 83.6 Å². The Morgan fingerprint density at radius 3 is 2.32 bits per heavy atom. The summed E-state index contributed by atoms with van der Waals surface area (Å²) in [6.07, 6.45) is -4.15. The van der Waals surface area contributed by atoms with Gasteiger partial charge in [0.25, 0.3) is 5.91 Å². The monoisotopic (exact) mass is 378 g/mol. The van der Waals surface area contributed by atoms with Crippen molar-refractivity contribution in [3.05, 3.63) is 35.4 Å². The smallest absolute Gasteiger partial charge is 0.343 e. The summed E-state index contributed by atoms with van der Waals surface area (Å²) in [4.78, 5) is 25.2. The summed E-state index contributed by atoms with van der Waals surface area (Å²) in [6.45, 7) is -0.368. The van der Waals surface area contributed by atoms with E-state index in [9.17, 15) is 31.2 Å². The molecule has 6 nitrogen and oxygen atoms in total. The molecule has 10 heteroatoms. The summed E-state index contributed by atoms with van der Waals surface area (Å²) in [5, 5.41) is 2.32. The predicted molar refractivity (Wildman–Crippen MR) is 83.6 cm³/mol. The molecule has 0 radical (unpaired) electrons. The first-order valence-electron chi connectivity index (χ1n) is 7.41. The summed E-state index contributed by atoms with van der Waals surface area (Å²) >= 11 is 0. The molecule has 2 amide bonds. The van der Waals surface area contributed by atoms with Gasteiger partial charge in [-0.1, -0.05) is 0 Å². The van der Waals surface area contributed by atoms with Gasteiger partial charge in [-0.2, -0.15) is 13.2 Å². The number of sulfone groups is 1. The van der Waals surface area contributed by atoms with Crippen molar-refractivity contribution in [2.75, 3.05) is 25.1 Å². The Balaban J connectivity index is 1.90. The Morgan fingerprint density at radius 2 is 1.84 bits per heavy atom. The molecule has 1 atom stereocenters. The number of alkyl halides is 3. The Labute approximate surface area is 142 Å². The lowest BCUT2D eigenvalue weighted by atomic mass is 10.1. The molecule has 0 bridgehead atoms. The van der Waals surface area contributed by atoms with Gasteiger partial charge >= 0.3 is 6.18 Å². The van der Waals surface area contributed by atoms with E-state index in [2.05, 4.69) is 5.32 Å². The average Bonchev–Trinajstić information content (AvgIpc) is 2.90. The largest absolute Gasteiger partial charge is 0.416 e. The van der Waals surface area contributed by atoms with E-state index in [4.69, 9.17) is 0 Å². The number of likely N-dealkylation sites (N-methyl/N-ethyl adjacent to an activating group) is 1. The van der Waals surface area contributed by atoms with Crippen LogP contribution in [0.2, 0.25) is 0 Å². The number of nitrogens with zero attached hydrogens (tertiary/aromatic N) is 1. The maximum Gasteiger partial charge on any atom is 0.416 e. The van der Waals surface area contributed by atoms with Crippen LogP contribution in [0.25, 0.3) is 0 Å². The molecule has 1 fully saturated rings. The molecule has 0 aromatic heterocycles. The Hall–Kier alpha value is -2.10. The van der Waals surface area contributed by atoms with Crippen LogP contribution in [-0.2, 0) is 20.8 Å². The SMILES string of the molecule is CN(C(=O)CNC(=O)c1ccc(C(F)(F)F)cc1)C1CCS(=O)(=O)C1. The van der Waals surface area contributed by atoms with Crippen LogP contribution < -0.4 is 5.32 Å². The van der Waals surface area contributed by atoms with E-state index in [0.29, 0.717) is 6.42 Å². The Kier molecular flexibility index (Phi) is 5.40. The lowest BCUT2D eigenvalue weighted by molar-refractivity contribution is -0.137. The first-order chi connectivity index (χ1) is 11.5. The van der Waals surface area contributed by atoms with E-state index < -0.39 is 39.4 Å². The number of hydrogen-bond acceptors (Lipinski definition) is 4. The number of nitrogens with one attached hydrogen (secondary N) is 1. The van der Waals surface area contributed by atoms with Gasteiger partial charge < -0.3 is 10.2 Å². The Morgan fingerprint density at radius 1 is 1.24 bits per heavy atom. The summed E-state index contributed by atoms with van der Waals surface area (Å²) in [5.74, 6) is -1.24. The summed E-state index contributed by atoms with van der Waals surface area (Å²) < 4.78 is 60.3. The lowest BCUT2D eigenvalue weighted by Gasteiger charge is -2.23. The minimum atomic E-state index is -4.49. The van der Waals surface area contributed by atoms with Gasteiger partial charge in [0.15, 0.2) is 9.84 Å². The van der Waals surface area contributed by atoms with Gasteiger partial charge in [0.05, 0.1) is 23.6 Å². The molecule has 1 saturated heterocycles. The number of carbonyl (C=O) groups excluding carboxylic acids is 2. The van der Waals surface area contributed by atoms with E-state index in [1.54, 1.807) is 0 Å². The number of benzene rings is 1. The fraction of sp³-hybridized carbons (Fsp3) is 0.467. The third-order valence-corrected chi connectivity index (χ3v) is 5.77. The molecule has 0 spiro atoms. The van der Waals surface area contributed by atoms with Gasteiger partial charge in [-0.05, 0) is 30.7 Å². The molecule has 1 unspecified atom stereocenters. The standard InChI is InChI=1S/C15H17F3N2O4S/c1-20(12-6-7-25(23,24)9-12)13(21)8-19-14(22)10-2-4-11(5-3-10)15(16,17)18/h2-5,12H,6-9H2,1H3,(H,19,22). The van der Waals surface area contributed by atoms with E-state index in [-0.39, 0.29) is 23.6 Å². The molecule has 1 heterocycles. The van der Waals surface area contributed by atoms with Gasteiger partial charge in [0.1, 0.15) is 0 Å². The van der Waals surface area contributed by atoms with Crippen LogP contribution in [-0.4, -0.2) is 56.3 Å². The number of amides is 2. The molecule has 1 aromatic carbocycles. The number of halogens is 3. The van der Waals surface area contributed by atoms with Crippen molar-refractivity contribution < 1.29 is 31.2 Å². The van der Waals surface area contributed by atoms with Crippen LogP contribution in [0.3, 0.4) is 0 Å². The van der Waals surface area contributed by atoms with Crippen molar-refractivity contribution in [1.82, 2.24) is 10.2 Å². The fourth-order valence-corrected chi connectivity index (χ4v) is 4.25. The summed E-state index contributed by atoms with van der Waals surface area (Å²) in [6, 6.07) is 3.19. The molecule has 0 aliphatic carbocycles. The average molecular weight is 378 g/mol. The molecular formula is C15H17F3N2O4S. The normalized spacial score (nSPS) is 19.4. The van der Waals surface area contributed by atoms with Crippen molar-refractivity contribution in [3.63, 3.8) is 0 Å². The van der Waals surface area contributed by atoms with Crippen molar-refractivity contribution in [3.8, 4) is 0 Å². The van der Waals surface area contributed by atoms with Crippen LogP contribution in [0.5, 0.6) is 0 Å². The second kappa shape index (κ2) is 7.03. The maximum absolute atomic E-state index is 12.5. The molecule has 138 valence electrons. The molecule has 1 aliphatic rings. The first kappa shape index (κ1) is 19.2. The highest BCUT2D eigenvalue weighted by Gasteiger charge is 2.33. The zero-order valence-electron chi connectivity index (χ0n) is 13.3. The second-order valence-corrected chi connectivity index (χ2v) is 8.05. The molecular weight excluding hydrogens is 361 g/mol. The van der Waals surface area contributed by atoms with E-state index in [1.807, 2.05) is 0 Å². The first-order valence-corrected chi connectivity index (χ1v) is 9.23. The minimum Gasteiger partial charge on any atom is -0.343 e. The van der Waals surface area contributed by atoms with Crippen LogP contribution in [0.4, 0.5) is 13.2 Å². The van der Waals surface area contributed by atoms with E-state index >= 15 is 0 Å². The highest BCUT2D eigenvalue weighted by Crippen LogP contribution is 2.29. The second-order valence-electron chi connectivity index (χ2n) is 5.82. The molecule has 1 N–H and O–H groups in total. The predicted octanol–water partition coefficient (Wildman–Crippen LogP) is 1.08. The molecule has 2 rings (SSSR count). The summed E-state index contributed by atoms with van der Waals surface area (Å²) in [5.41, 5.74) is -0.880. The van der Waals surface area contributed by atoms with Crippen LogP contribution in [0.15, 0.2) is 24.3 Å². The zero-order chi connectivity index (χ0) is 18.8. The van der Waals surface area contributed by atoms with Gasteiger partial charge in [-0.15, -0.1) is 0 Å². The zero-order valence-corrected chi connectivity index (χ0v) is 14.2. The fourth-order valence-electron chi connectivity index (χ4n) is 2.48. The minimum absolute atomic E-state index is 0.00750. The van der Waals surface area contributed by atoms with Crippen LogP contribution in [0, 0.1) is 0 Å². The van der Waals surface area contributed by atoms with E-state index in [0.717, 1.165) is 24.3 Å². The van der Waals surface area contributed by atoms with Crippen molar-refractivity contribution in [1.29, 1.82) is 0 Å². The van der Waals surface area contributed by atoms with Gasteiger partial charge in [-0.3, -0.25) is 9.59 Å². The van der Waals surface area contributed by atoms with Crippen molar-refractivity contribution in [2.45, 2.75) is 18.6 Å².